The van der Waals surface area contributed by atoms with Gasteiger partial charge in [0.2, 0.25) is 0 Å². The van der Waals surface area contributed by atoms with E-state index in [2.05, 4.69) is 74.1 Å². The predicted molar refractivity (Wildman–Crippen MR) is 81.8 cm³/mol. The summed E-state index contributed by atoms with van der Waals surface area (Å²) in [5, 5.41) is 2.67. The van der Waals surface area contributed by atoms with Gasteiger partial charge in [-0.05, 0) is 31.4 Å². The Morgan fingerprint density at radius 3 is 1.89 bits per heavy atom. The monoisotopic (exact) mass is 242 g/mol. The average molecular weight is 242 g/mol. The summed E-state index contributed by atoms with van der Waals surface area (Å²) in [7, 11) is 4.21. The fraction of sp³-hybridized carbons (Fsp3) is 0.375. The van der Waals surface area contributed by atoms with Gasteiger partial charge in [-0.2, -0.15) is 0 Å². The summed E-state index contributed by atoms with van der Waals surface area (Å²) < 4.78 is 0. The van der Waals surface area contributed by atoms with Crippen molar-refractivity contribution in [1.82, 2.24) is 0 Å². The van der Waals surface area contributed by atoms with Crippen LogP contribution in [0.1, 0.15) is 13.8 Å². The molecule has 0 atom stereocenters. The molecule has 0 aliphatic carbocycles. The van der Waals surface area contributed by atoms with Gasteiger partial charge in [-0.25, -0.2) is 0 Å². The van der Waals surface area contributed by atoms with E-state index < -0.39 is 0 Å². The lowest BCUT2D eigenvalue weighted by atomic mass is 10.1. The van der Waals surface area contributed by atoms with Crippen LogP contribution in [0.25, 0.3) is 10.8 Å². The molecule has 2 heteroatoms. The molecule has 0 amide bonds. The van der Waals surface area contributed by atoms with Crippen molar-refractivity contribution in [2.75, 3.05) is 37.0 Å². The molecule has 0 N–H and O–H groups in total. The van der Waals surface area contributed by atoms with Crippen molar-refractivity contribution in [2.45, 2.75) is 13.8 Å². The summed E-state index contributed by atoms with van der Waals surface area (Å²) in [5.41, 5.74) is 2.62. The second-order valence-electron chi connectivity index (χ2n) is 4.72. The highest BCUT2D eigenvalue weighted by molar-refractivity contribution is 6.03. The molecule has 18 heavy (non-hydrogen) atoms. The number of hydrogen-bond donors (Lipinski definition) is 0. The van der Waals surface area contributed by atoms with Gasteiger partial charge in [0, 0.05) is 43.9 Å². The zero-order valence-electron chi connectivity index (χ0n) is 11.8. The van der Waals surface area contributed by atoms with E-state index in [1.807, 2.05) is 0 Å². The third-order valence-corrected chi connectivity index (χ3v) is 3.45. The third-order valence-electron chi connectivity index (χ3n) is 3.45. The Morgan fingerprint density at radius 2 is 1.39 bits per heavy atom. The molecule has 0 heterocycles. The van der Waals surface area contributed by atoms with E-state index in [0.717, 1.165) is 13.1 Å². The molecule has 0 spiro atoms. The van der Waals surface area contributed by atoms with E-state index in [4.69, 9.17) is 0 Å². The number of rotatable bonds is 4. The molecular formula is C16H22N2. The summed E-state index contributed by atoms with van der Waals surface area (Å²) in [4.78, 5) is 4.60. The maximum Gasteiger partial charge on any atom is 0.0466 e. The molecule has 2 aromatic rings. The maximum absolute atomic E-state index is 2.41. The summed E-state index contributed by atoms with van der Waals surface area (Å²) >= 11 is 0. The molecule has 0 radical (unpaired) electrons. The minimum absolute atomic E-state index is 1.04. The van der Waals surface area contributed by atoms with Gasteiger partial charge in [-0.3, -0.25) is 0 Å². The summed E-state index contributed by atoms with van der Waals surface area (Å²) in [6.07, 6.45) is 0. The van der Waals surface area contributed by atoms with Gasteiger partial charge in [-0.1, -0.05) is 24.3 Å². The van der Waals surface area contributed by atoms with E-state index in [-0.39, 0.29) is 0 Å². The Balaban J connectivity index is 2.73. The van der Waals surface area contributed by atoms with Gasteiger partial charge in [0.05, 0.1) is 0 Å². The molecule has 0 saturated heterocycles. The van der Waals surface area contributed by atoms with Crippen molar-refractivity contribution in [3.05, 3.63) is 36.4 Å². The Kier molecular flexibility index (Phi) is 3.75. The molecule has 2 nitrogen and oxygen atoms in total. The van der Waals surface area contributed by atoms with Crippen molar-refractivity contribution in [3.63, 3.8) is 0 Å². The molecule has 0 bridgehead atoms. The van der Waals surface area contributed by atoms with Gasteiger partial charge in [-0.15, -0.1) is 0 Å². The fourth-order valence-corrected chi connectivity index (χ4v) is 2.50. The van der Waals surface area contributed by atoms with E-state index in [1.165, 1.54) is 22.1 Å². The van der Waals surface area contributed by atoms with Crippen LogP contribution in [0.3, 0.4) is 0 Å². The average Bonchev–Trinajstić information content (AvgIpc) is 2.39. The molecule has 2 rings (SSSR count). The molecule has 0 aromatic heterocycles. The Morgan fingerprint density at radius 1 is 0.833 bits per heavy atom. The van der Waals surface area contributed by atoms with Gasteiger partial charge < -0.3 is 9.80 Å². The van der Waals surface area contributed by atoms with Crippen molar-refractivity contribution in [2.24, 2.45) is 0 Å². The third kappa shape index (κ3) is 2.15. The lowest BCUT2D eigenvalue weighted by Crippen LogP contribution is -2.22. The van der Waals surface area contributed by atoms with Crippen LogP contribution < -0.4 is 9.80 Å². The molecule has 96 valence electrons. The second-order valence-corrected chi connectivity index (χ2v) is 4.72. The van der Waals surface area contributed by atoms with Crippen LogP contribution in [0.5, 0.6) is 0 Å². The van der Waals surface area contributed by atoms with Gasteiger partial charge in [0.25, 0.3) is 0 Å². The summed E-state index contributed by atoms with van der Waals surface area (Å²) in [6.45, 7) is 6.50. The largest absolute Gasteiger partial charge is 0.377 e. The topological polar surface area (TPSA) is 6.48 Å². The normalized spacial score (nSPS) is 10.7. The van der Waals surface area contributed by atoms with Crippen LogP contribution in [0.2, 0.25) is 0 Å². The minimum atomic E-state index is 1.04. The molecule has 0 aliphatic rings. The first-order chi connectivity index (χ1) is 8.69. The highest BCUT2D eigenvalue weighted by Crippen LogP contribution is 2.34. The van der Waals surface area contributed by atoms with Crippen molar-refractivity contribution in [3.8, 4) is 0 Å². The first kappa shape index (κ1) is 12.7. The van der Waals surface area contributed by atoms with E-state index in [0.29, 0.717) is 0 Å². The fourth-order valence-electron chi connectivity index (χ4n) is 2.50. The first-order valence-corrected chi connectivity index (χ1v) is 6.63. The van der Waals surface area contributed by atoms with Crippen LogP contribution >= 0.6 is 0 Å². The first-order valence-electron chi connectivity index (χ1n) is 6.63. The number of fused-ring (bicyclic) bond motifs is 1. The number of hydrogen-bond acceptors (Lipinski definition) is 2. The van der Waals surface area contributed by atoms with Crippen LogP contribution in [0.4, 0.5) is 11.4 Å². The van der Waals surface area contributed by atoms with Gasteiger partial charge >= 0.3 is 0 Å². The quantitative estimate of drug-likeness (QED) is 0.805. The second kappa shape index (κ2) is 5.30. The molecule has 0 fully saturated rings. The molecule has 2 aromatic carbocycles. The smallest absolute Gasteiger partial charge is 0.0466 e. The number of nitrogens with zero attached hydrogens (tertiary/aromatic N) is 2. The van der Waals surface area contributed by atoms with Gasteiger partial charge in [0.1, 0.15) is 0 Å². The highest BCUT2D eigenvalue weighted by Gasteiger charge is 2.11. The van der Waals surface area contributed by atoms with Gasteiger partial charge in [0.15, 0.2) is 0 Å². The van der Waals surface area contributed by atoms with E-state index in [1.54, 1.807) is 0 Å². The zero-order chi connectivity index (χ0) is 13.1. The van der Waals surface area contributed by atoms with Crippen molar-refractivity contribution >= 4 is 22.1 Å². The summed E-state index contributed by atoms with van der Waals surface area (Å²) in [6, 6.07) is 13.1. The molecule has 0 unspecified atom stereocenters. The van der Waals surface area contributed by atoms with Crippen LogP contribution in [-0.2, 0) is 0 Å². The predicted octanol–water partition coefficient (Wildman–Crippen LogP) is 3.75. The standard InChI is InChI=1S/C16H22N2/c1-5-18(6-2)15-12-8-10-13-9-7-11-14(16(13)15)17(3)4/h7-12H,5-6H2,1-4H3. The van der Waals surface area contributed by atoms with Crippen LogP contribution in [0, 0.1) is 0 Å². The zero-order valence-corrected chi connectivity index (χ0v) is 11.8. The SMILES string of the molecule is CCN(CC)c1cccc2cccc(N(C)C)c12. The molecule has 0 aliphatic heterocycles. The Hall–Kier alpha value is -1.70. The number of anilines is 2. The molecule has 0 saturated carbocycles. The van der Waals surface area contributed by atoms with Crippen molar-refractivity contribution in [1.29, 1.82) is 0 Å². The van der Waals surface area contributed by atoms with Crippen molar-refractivity contribution < 1.29 is 0 Å². The summed E-state index contributed by atoms with van der Waals surface area (Å²) in [5.74, 6) is 0. The maximum atomic E-state index is 2.41. The minimum Gasteiger partial charge on any atom is -0.377 e. The van der Waals surface area contributed by atoms with Crippen LogP contribution in [0.15, 0.2) is 36.4 Å². The molecular weight excluding hydrogens is 220 g/mol. The van der Waals surface area contributed by atoms with E-state index >= 15 is 0 Å². The Bertz CT molecular complexity index is 522. The van der Waals surface area contributed by atoms with E-state index in [9.17, 15) is 0 Å². The Labute approximate surface area is 110 Å². The lowest BCUT2D eigenvalue weighted by molar-refractivity contribution is 0.870. The van der Waals surface area contributed by atoms with Crippen LogP contribution in [-0.4, -0.2) is 27.2 Å². The highest BCUT2D eigenvalue weighted by atomic mass is 15.1. The lowest BCUT2D eigenvalue weighted by Gasteiger charge is -2.25. The number of benzene rings is 2.